The summed E-state index contributed by atoms with van der Waals surface area (Å²) in [5.74, 6) is -4.69. The van der Waals surface area contributed by atoms with E-state index >= 15 is 0 Å². The van der Waals surface area contributed by atoms with Crippen molar-refractivity contribution in [3.8, 4) is 0 Å². The molecule has 0 spiro atoms. The summed E-state index contributed by atoms with van der Waals surface area (Å²) in [6.07, 6.45) is -0.155. The predicted octanol–water partition coefficient (Wildman–Crippen LogP) is 4.47. The Morgan fingerprint density at radius 2 is 1.94 bits per heavy atom. The highest BCUT2D eigenvalue weighted by atomic mass is 19.4. The quantitative estimate of drug-likeness (QED) is 0.459. The summed E-state index contributed by atoms with van der Waals surface area (Å²) in [4.78, 5) is 37.9. The van der Waals surface area contributed by atoms with Crippen LogP contribution in [0.15, 0.2) is 36.9 Å². The molecule has 3 rings (SSSR count). The lowest BCUT2D eigenvalue weighted by molar-refractivity contribution is -0.174. The third-order valence-electron chi connectivity index (χ3n) is 6.68. The van der Waals surface area contributed by atoms with Crippen LogP contribution >= 0.6 is 0 Å². The van der Waals surface area contributed by atoms with Crippen LogP contribution in [-0.4, -0.2) is 46.2 Å². The molecule has 0 bridgehead atoms. The SMILES string of the molecule is C=CC(Cc1cccc(C)c1)[C@H]1C(=O)N(C(=O)N[C@@H](C2CCCCC2)C(F)(F)F)[C@@H]1C(=O)O. The van der Waals surface area contributed by atoms with E-state index in [9.17, 15) is 32.7 Å². The van der Waals surface area contributed by atoms with Crippen molar-refractivity contribution in [1.82, 2.24) is 10.2 Å². The van der Waals surface area contributed by atoms with Gasteiger partial charge in [-0.15, -0.1) is 6.58 Å². The maximum atomic E-state index is 13.7. The highest BCUT2D eigenvalue weighted by molar-refractivity contribution is 6.07. The van der Waals surface area contributed by atoms with E-state index in [0.29, 0.717) is 37.0 Å². The molecule has 9 heteroatoms. The fourth-order valence-electron chi connectivity index (χ4n) is 5.02. The lowest BCUT2D eigenvalue weighted by Gasteiger charge is -2.46. The van der Waals surface area contributed by atoms with Crippen LogP contribution < -0.4 is 5.32 Å². The number of benzene rings is 1. The molecule has 6 nitrogen and oxygen atoms in total. The van der Waals surface area contributed by atoms with Crippen LogP contribution in [0.3, 0.4) is 0 Å². The second-order valence-corrected chi connectivity index (χ2v) is 8.98. The Labute approximate surface area is 190 Å². The molecule has 2 aliphatic rings. The zero-order valence-corrected chi connectivity index (χ0v) is 18.5. The Balaban J connectivity index is 1.77. The van der Waals surface area contributed by atoms with Gasteiger partial charge in [-0.05, 0) is 43.6 Å². The number of allylic oxidation sites excluding steroid dienone is 1. The number of halogens is 3. The zero-order valence-electron chi connectivity index (χ0n) is 18.5. The molecule has 2 N–H and O–H groups in total. The number of carboxylic acids is 1. The molecule has 3 amide bonds. The number of urea groups is 1. The van der Waals surface area contributed by atoms with E-state index in [0.717, 1.165) is 17.5 Å². The van der Waals surface area contributed by atoms with E-state index in [-0.39, 0.29) is 0 Å². The third kappa shape index (κ3) is 5.39. The Morgan fingerprint density at radius 1 is 1.27 bits per heavy atom. The Morgan fingerprint density at radius 3 is 2.48 bits per heavy atom. The third-order valence-corrected chi connectivity index (χ3v) is 6.68. The van der Waals surface area contributed by atoms with Crippen molar-refractivity contribution in [2.24, 2.45) is 17.8 Å². The summed E-state index contributed by atoms with van der Waals surface area (Å²) < 4.78 is 41.1. The van der Waals surface area contributed by atoms with Gasteiger partial charge in [-0.25, -0.2) is 14.5 Å². The van der Waals surface area contributed by atoms with Gasteiger partial charge in [0.05, 0.1) is 5.92 Å². The average Bonchev–Trinajstić information content (AvgIpc) is 2.74. The Hall–Kier alpha value is -2.84. The van der Waals surface area contributed by atoms with Crippen molar-refractivity contribution in [3.63, 3.8) is 0 Å². The summed E-state index contributed by atoms with van der Waals surface area (Å²) >= 11 is 0. The molecule has 1 heterocycles. The molecule has 2 fully saturated rings. The molecule has 33 heavy (non-hydrogen) atoms. The van der Waals surface area contributed by atoms with Gasteiger partial charge in [-0.2, -0.15) is 13.2 Å². The number of nitrogens with zero attached hydrogens (tertiary/aromatic N) is 1. The zero-order chi connectivity index (χ0) is 24.3. The van der Waals surface area contributed by atoms with Gasteiger partial charge in [0.1, 0.15) is 6.04 Å². The number of aliphatic carboxylic acids is 1. The first-order chi connectivity index (χ1) is 15.5. The molecule has 0 aromatic heterocycles. The van der Waals surface area contributed by atoms with Gasteiger partial charge >= 0.3 is 18.2 Å². The van der Waals surface area contributed by atoms with Gasteiger partial charge in [0, 0.05) is 0 Å². The van der Waals surface area contributed by atoms with Crippen molar-refractivity contribution in [3.05, 3.63) is 48.0 Å². The molecule has 1 unspecified atom stereocenters. The number of β-lactam (4-membered cyclic amide) rings is 1. The van der Waals surface area contributed by atoms with Gasteiger partial charge in [0.25, 0.3) is 0 Å². The molecule has 1 saturated carbocycles. The summed E-state index contributed by atoms with van der Waals surface area (Å²) in [6, 6.07) is 2.50. The molecule has 1 aromatic rings. The van der Waals surface area contributed by atoms with Crippen molar-refractivity contribution in [2.45, 2.75) is 63.7 Å². The van der Waals surface area contributed by atoms with Gasteiger partial charge in [-0.3, -0.25) is 4.79 Å². The number of carbonyl (C=O) groups excluding carboxylic acids is 2. The van der Waals surface area contributed by atoms with E-state index in [4.69, 9.17) is 0 Å². The number of imide groups is 1. The monoisotopic (exact) mass is 466 g/mol. The summed E-state index contributed by atoms with van der Waals surface area (Å²) in [6.45, 7) is 5.61. The first-order valence-electron chi connectivity index (χ1n) is 11.2. The predicted molar refractivity (Wildman–Crippen MR) is 115 cm³/mol. The second-order valence-electron chi connectivity index (χ2n) is 8.98. The number of carboxylic acid groups (broad SMARTS) is 1. The fourth-order valence-corrected chi connectivity index (χ4v) is 5.02. The minimum atomic E-state index is -4.70. The first kappa shape index (κ1) is 24.8. The number of nitrogens with one attached hydrogen (secondary N) is 1. The fraction of sp³-hybridized carbons (Fsp3) is 0.542. The largest absolute Gasteiger partial charge is 0.480 e. The number of likely N-dealkylation sites (tertiary alicyclic amines) is 1. The lowest BCUT2D eigenvalue weighted by Crippen LogP contribution is -2.71. The number of carbonyl (C=O) groups is 3. The molecule has 180 valence electrons. The topological polar surface area (TPSA) is 86.7 Å². The Bertz CT molecular complexity index is 911. The van der Waals surface area contributed by atoms with E-state index in [2.05, 4.69) is 6.58 Å². The highest BCUT2D eigenvalue weighted by Crippen LogP contribution is 2.38. The summed E-state index contributed by atoms with van der Waals surface area (Å²) in [5.41, 5.74) is 1.86. The van der Waals surface area contributed by atoms with Crippen LogP contribution in [-0.2, 0) is 16.0 Å². The van der Waals surface area contributed by atoms with Crippen LogP contribution in [0.25, 0.3) is 0 Å². The van der Waals surface area contributed by atoms with Crippen molar-refractivity contribution in [2.75, 3.05) is 0 Å². The van der Waals surface area contributed by atoms with Crippen LogP contribution in [0.2, 0.25) is 0 Å². The minimum absolute atomic E-state index is 0.318. The van der Waals surface area contributed by atoms with E-state index in [1.54, 1.807) is 0 Å². The first-order valence-corrected chi connectivity index (χ1v) is 11.2. The van der Waals surface area contributed by atoms with E-state index in [1.165, 1.54) is 6.08 Å². The van der Waals surface area contributed by atoms with Crippen molar-refractivity contribution in [1.29, 1.82) is 0 Å². The van der Waals surface area contributed by atoms with Gasteiger partial charge in [0.2, 0.25) is 5.91 Å². The molecule has 1 aliphatic heterocycles. The average molecular weight is 467 g/mol. The minimum Gasteiger partial charge on any atom is -0.480 e. The maximum absolute atomic E-state index is 13.7. The number of amides is 3. The van der Waals surface area contributed by atoms with E-state index < -0.39 is 53.9 Å². The summed E-state index contributed by atoms with van der Waals surface area (Å²) in [7, 11) is 0. The number of hydrogen-bond acceptors (Lipinski definition) is 3. The smallest absolute Gasteiger partial charge is 0.408 e. The normalized spacial score (nSPS) is 23.4. The van der Waals surface area contributed by atoms with Crippen LogP contribution in [0, 0.1) is 24.7 Å². The second kappa shape index (κ2) is 9.97. The molecule has 1 aromatic carbocycles. The molecule has 4 atom stereocenters. The lowest BCUT2D eigenvalue weighted by atomic mass is 9.74. The number of alkyl halides is 3. The van der Waals surface area contributed by atoms with Crippen LogP contribution in [0.4, 0.5) is 18.0 Å². The highest BCUT2D eigenvalue weighted by Gasteiger charge is 2.58. The number of rotatable bonds is 7. The standard InChI is InChI=1S/C24H29F3N2O4/c1-3-16(13-15-9-7-8-14(2)12-15)18-19(22(31)32)29(21(18)30)23(33)28-20(24(25,26)27)17-10-5-4-6-11-17/h3,7-9,12,16-20H,1,4-6,10-11,13H2,2H3,(H,28,33)(H,31,32)/t16?,18-,19+,20+/m1/s1. The van der Waals surface area contributed by atoms with Crippen molar-refractivity contribution < 1.29 is 32.7 Å². The number of hydrogen-bond donors (Lipinski definition) is 2. The molecule has 1 saturated heterocycles. The van der Waals surface area contributed by atoms with Crippen LogP contribution in [0.1, 0.15) is 43.2 Å². The maximum Gasteiger partial charge on any atom is 0.408 e. The molecular weight excluding hydrogens is 437 g/mol. The van der Waals surface area contributed by atoms with Crippen molar-refractivity contribution >= 4 is 17.9 Å². The molecule has 1 aliphatic carbocycles. The molecular formula is C24H29F3N2O4. The van der Waals surface area contributed by atoms with Gasteiger partial charge in [-0.1, -0.05) is 55.2 Å². The van der Waals surface area contributed by atoms with Crippen LogP contribution in [0.5, 0.6) is 0 Å². The van der Waals surface area contributed by atoms with Gasteiger partial charge in [0.15, 0.2) is 6.04 Å². The Kier molecular flexibility index (Phi) is 7.49. The molecule has 0 radical (unpaired) electrons. The summed E-state index contributed by atoms with van der Waals surface area (Å²) in [5, 5.41) is 11.6. The van der Waals surface area contributed by atoms with E-state index in [1.807, 2.05) is 36.5 Å². The van der Waals surface area contributed by atoms with Gasteiger partial charge < -0.3 is 10.4 Å². The number of aryl methyl sites for hydroxylation is 1.